The van der Waals surface area contributed by atoms with E-state index in [-0.39, 0.29) is 12.5 Å². The van der Waals surface area contributed by atoms with Gasteiger partial charge in [0.25, 0.3) is 0 Å². The summed E-state index contributed by atoms with van der Waals surface area (Å²) in [6, 6.07) is 7.68. The number of carbonyl (C=O) groups excluding carboxylic acids is 1. The van der Waals surface area contributed by atoms with Gasteiger partial charge >= 0.3 is 0 Å². The van der Waals surface area contributed by atoms with Crippen LogP contribution in [-0.4, -0.2) is 57.2 Å². The predicted molar refractivity (Wildman–Crippen MR) is 93.8 cm³/mol. The summed E-state index contributed by atoms with van der Waals surface area (Å²) in [5.41, 5.74) is 1.08. The number of ether oxygens (including phenoxy) is 1. The van der Waals surface area contributed by atoms with Crippen LogP contribution in [0, 0.1) is 0 Å². The molecular weight excluding hydrogens is 316 g/mol. The van der Waals surface area contributed by atoms with Gasteiger partial charge in [0.05, 0.1) is 6.61 Å². The van der Waals surface area contributed by atoms with E-state index in [0.29, 0.717) is 30.7 Å². The molecule has 128 valence electrons. The molecule has 23 heavy (non-hydrogen) atoms. The van der Waals surface area contributed by atoms with Gasteiger partial charge in [-0.2, -0.15) is 0 Å². The number of halogens is 1. The number of amides is 1. The van der Waals surface area contributed by atoms with Gasteiger partial charge < -0.3 is 20.3 Å². The van der Waals surface area contributed by atoms with Crippen molar-refractivity contribution in [3.05, 3.63) is 34.9 Å². The Labute approximate surface area is 142 Å². The van der Waals surface area contributed by atoms with E-state index < -0.39 is 0 Å². The average molecular weight is 341 g/mol. The largest absolute Gasteiger partial charge is 0.383 e. The van der Waals surface area contributed by atoms with Crippen molar-refractivity contribution < 1.29 is 9.53 Å². The van der Waals surface area contributed by atoms with Crippen LogP contribution in [0.2, 0.25) is 5.02 Å². The number of carbonyl (C=O) groups is 1. The van der Waals surface area contributed by atoms with Gasteiger partial charge in [-0.05, 0) is 24.6 Å². The standard InChI is InChI=1S/C16H25ClN4O2/c1-4-18-16(20-11-15(22)19-8-9-23-3)21(2)12-13-6-5-7-14(17)10-13/h5-7,10H,4,8-9,11-12H2,1-3H3,(H,18,20)(H,19,22). The first-order valence-electron chi connectivity index (χ1n) is 7.56. The lowest BCUT2D eigenvalue weighted by Gasteiger charge is -2.22. The van der Waals surface area contributed by atoms with Crippen LogP contribution in [0.5, 0.6) is 0 Å². The smallest absolute Gasteiger partial charge is 0.241 e. The SMILES string of the molecule is CCNC(=NCC(=O)NCCOC)N(C)Cc1cccc(Cl)c1. The molecule has 0 bridgehead atoms. The van der Waals surface area contributed by atoms with Gasteiger partial charge in [-0.15, -0.1) is 0 Å². The third-order valence-electron chi connectivity index (χ3n) is 3.01. The molecule has 7 heteroatoms. The molecule has 2 N–H and O–H groups in total. The maximum atomic E-state index is 11.7. The predicted octanol–water partition coefficient (Wildman–Crippen LogP) is 1.50. The molecule has 0 aliphatic carbocycles. The Balaban J connectivity index is 2.61. The van der Waals surface area contributed by atoms with E-state index >= 15 is 0 Å². The molecule has 1 amide bonds. The van der Waals surface area contributed by atoms with E-state index in [1.165, 1.54) is 0 Å². The summed E-state index contributed by atoms with van der Waals surface area (Å²) in [7, 11) is 3.52. The molecule has 0 aliphatic rings. The first-order chi connectivity index (χ1) is 11.1. The highest BCUT2D eigenvalue weighted by Crippen LogP contribution is 2.12. The Hall–Kier alpha value is -1.79. The summed E-state index contributed by atoms with van der Waals surface area (Å²) in [4.78, 5) is 18.0. The minimum atomic E-state index is -0.131. The zero-order valence-corrected chi connectivity index (χ0v) is 14.7. The average Bonchev–Trinajstić information content (AvgIpc) is 2.51. The highest BCUT2D eigenvalue weighted by Gasteiger charge is 2.08. The first kappa shape index (κ1) is 19.3. The minimum Gasteiger partial charge on any atom is -0.383 e. The monoisotopic (exact) mass is 340 g/mol. The zero-order chi connectivity index (χ0) is 17.1. The Morgan fingerprint density at radius 2 is 2.17 bits per heavy atom. The van der Waals surface area contributed by atoms with Crippen molar-refractivity contribution in [2.75, 3.05) is 40.4 Å². The van der Waals surface area contributed by atoms with Crippen molar-refractivity contribution in [3.8, 4) is 0 Å². The number of methoxy groups -OCH3 is 1. The van der Waals surface area contributed by atoms with E-state index in [1.54, 1.807) is 7.11 Å². The van der Waals surface area contributed by atoms with E-state index in [4.69, 9.17) is 16.3 Å². The fraction of sp³-hybridized carbons (Fsp3) is 0.500. The maximum absolute atomic E-state index is 11.7. The van der Waals surface area contributed by atoms with Gasteiger partial charge in [0.1, 0.15) is 6.54 Å². The van der Waals surface area contributed by atoms with Crippen LogP contribution >= 0.6 is 11.6 Å². The normalized spacial score (nSPS) is 11.2. The van der Waals surface area contributed by atoms with E-state index in [2.05, 4.69) is 15.6 Å². The highest BCUT2D eigenvalue weighted by molar-refractivity contribution is 6.30. The Bertz CT molecular complexity index is 523. The third kappa shape index (κ3) is 7.85. The summed E-state index contributed by atoms with van der Waals surface area (Å²) in [6.07, 6.45) is 0. The van der Waals surface area contributed by atoms with Gasteiger partial charge in [-0.3, -0.25) is 4.79 Å². The molecule has 0 spiro atoms. The molecule has 0 unspecified atom stereocenters. The number of hydrogen-bond acceptors (Lipinski definition) is 3. The van der Waals surface area contributed by atoms with Crippen LogP contribution in [0.1, 0.15) is 12.5 Å². The number of guanidine groups is 1. The van der Waals surface area contributed by atoms with Crippen LogP contribution in [0.4, 0.5) is 0 Å². The van der Waals surface area contributed by atoms with Crippen LogP contribution in [-0.2, 0) is 16.1 Å². The summed E-state index contributed by atoms with van der Waals surface area (Å²) < 4.78 is 4.89. The van der Waals surface area contributed by atoms with Crippen molar-refractivity contribution in [1.29, 1.82) is 0 Å². The van der Waals surface area contributed by atoms with Crippen LogP contribution in [0.15, 0.2) is 29.3 Å². The molecule has 1 rings (SSSR count). The molecule has 0 radical (unpaired) electrons. The molecule has 0 fully saturated rings. The van der Waals surface area contributed by atoms with Crippen molar-refractivity contribution in [2.45, 2.75) is 13.5 Å². The summed E-state index contributed by atoms with van der Waals surface area (Å²) in [6.45, 7) is 4.42. The third-order valence-corrected chi connectivity index (χ3v) is 3.24. The van der Waals surface area contributed by atoms with Crippen LogP contribution < -0.4 is 10.6 Å². The van der Waals surface area contributed by atoms with Crippen LogP contribution in [0.3, 0.4) is 0 Å². The van der Waals surface area contributed by atoms with Gasteiger partial charge in [-0.25, -0.2) is 4.99 Å². The molecule has 0 aromatic heterocycles. The number of nitrogens with one attached hydrogen (secondary N) is 2. The number of rotatable bonds is 8. The summed E-state index contributed by atoms with van der Waals surface area (Å²) in [5.74, 6) is 0.544. The van der Waals surface area contributed by atoms with Crippen molar-refractivity contribution in [2.24, 2.45) is 4.99 Å². The Kier molecular flexibility index (Phi) is 9.09. The second kappa shape index (κ2) is 10.9. The fourth-order valence-electron chi connectivity index (χ4n) is 1.95. The Morgan fingerprint density at radius 1 is 1.39 bits per heavy atom. The maximum Gasteiger partial charge on any atom is 0.241 e. The second-order valence-corrected chi connectivity index (χ2v) is 5.44. The molecule has 0 saturated carbocycles. The molecule has 6 nitrogen and oxygen atoms in total. The molecular formula is C16H25ClN4O2. The van der Waals surface area contributed by atoms with Crippen LogP contribution in [0.25, 0.3) is 0 Å². The number of nitrogens with zero attached hydrogens (tertiary/aromatic N) is 2. The first-order valence-corrected chi connectivity index (χ1v) is 7.94. The molecule has 0 saturated heterocycles. The molecule has 0 aliphatic heterocycles. The highest BCUT2D eigenvalue weighted by atomic mass is 35.5. The van der Waals surface area contributed by atoms with Gasteiger partial charge in [-0.1, -0.05) is 23.7 Å². The van der Waals surface area contributed by atoms with E-state index in [9.17, 15) is 4.79 Å². The van der Waals surface area contributed by atoms with Gasteiger partial charge in [0, 0.05) is 38.8 Å². The van der Waals surface area contributed by atoms with Crippen molar-refractivity contribution in [3.63, 3.8) is 0 Å². The lowest BCUT2D eigenvalue weighted by atomic mass is 10.2. The summed E-state index contributed by atoms with van der Waals surface area (Å²) in [5, 5.41) is 6.62. The van der Waals surface area contributed by atoms with E-state index in [0.717, 1.165) is 12.1 Å². The van der Waals surface area contributed by atoms with E-state index in [1.807, 2.05) is 43.1 Å². The quantitative estimate of drug-likeness (QED) is 0.427. The second-order valence-electron chi connectivity index (χ2n) is 5.00. The topological polar surface area (TPSA) is 66.0 Å². The molecule has 1 aromatic carbocycles. The summed E-state index contributed by atoms with van der Waals surface area (Å²) >= 11 is 6.00. The lowest BCUT2D eigenvalue weighted by molar-refractivity contribution is -0.119. The molecule has 0 atom stereocenters. The fourth-order valence-corrected chi connectivity index (χ4v) is 2.16. The lowest BCUT2D eigenvalue weighted by Crippen LogP contribution is -2.39. The Morgan fingerprint density at radius 3 is 2.83 bits per heavy atom. The van der Waals surface area contributed by atoms with Crippen molar-refractivity contribution >= 4 is 23.5 Å². The molecule has 0 heterocycles. The van der Waals surface area contributed by atoms with Gasteiger partial charge in [0.15, 0.2) is 5.96 Å². The molecule has 1 aromatic rings. The number of hydrogen-bond donors (Lipinski definition) is 2. The number of aliphatic imine (C=N–C) groups is 1. The zero-order valence-electron chi connectivity index (χ0n) is 13.9. The van der Waals surface area contributed by atoms with Gasteiger partial charge in [0.2, 0.25) is 5.91 Å². The number of benzene rings is 1. The minimum absolute atomic E-state index is 0.0753. The van der Waals surface area contributed by atoms with Crippen molar-refractivity contribution in [1.82, 2.24) is 15.5 Å².